The minimum Gasteiger partial charge on any atom is -0.481 e. The molecule has 0 saturated heterocycles. The molecule has 14 nitrogen and oxygen atoms in total. The highest BCUT2D eigenvalue weighted by Gasteiger charge is 2.29. The molecule has 8 N–H and O–H groups in total. The summed E-state index contributed by atoms with van der Waals surface area (Å²) in [4.78, 5) is 62.7. The number of nitrogens with two attached hydrogens (primary N) is 2. The topological polar surface area (TPSA) is 233 Å². The van der Waals surface area contributed by atoms with Gasteiger partial charge in [-0.2, -0.15) is 0 Å². The standard InChI is InChI=1S/C47H85N5O9/c1-3-5-7-9-11-13-15-17-19-21-23-25-27-29-33-43(55)59-37-39(61-44(56)34-30-28-26-24-22-20-18-16-14-12-10-8-6-4-2)38-60-46(58)41(36-42(53)54)52-45(57)40(48)32-31-35-51-47(49)50/h17-20,39-41H,3-16,21-38,48H2,1-2H3,(H,52,57)(H,53,54)(H4,49,50,51)/b19-17-,20-18-. The summed E-state index contributed by atoms with van der Waals surface area (Å²) in [6.45, 7) is 3.90. The highest BCUT2D eigenvalue weighted by Crippen LogP contribution is 2.13. The molecule has 3 unspecified atom stereocenters. The number of carbonyl (C=O) groups is 5. The summed E-state index contributed by atoms with van der Waals surface area (Å²) in [6, 6.07) is -2.62. The first-order valence-corrected chi connectivity index (χ1v) is 23.7. The Kier molecular flexibility index (Phi) is 38.7. The third-order valence-electron chi connectivity index (χ3n) is 10.2. The fraction of sp³-hybridized carbons (Fsp3) is 0.787. The molecule has 0 aliphatic heterocycles. The van der Waals surface area contributed by atoms with Gasteiger partial charge in [-0.25, -0.2) is 4.79 Å². The van der Waals surface area contributed by atoms with Gasteiger partial charge in [-0.1, -0.05) is 128 Å². The van der Waals surface area contributed by atoms with Crippen molar-refractivity contribution in [2.45, 2.75) is 218 Å². The minimum absolute atomic E-state index is 0.137. The Morgan fingerprint density at radius 1 is 0.623 bits per heavy atom. The Morgan fingerprint density at radius 3 is 1.54 bits per heavy atom. The lowest BCUT2D eigenvalue weighted by molar-refractivity contribution is -0.168. The number of carboxylic acids is 1. The van der Waals surface area contributed by atoms with Gasteiger partial charge in [-0.05, 0) is 77.0 Å². The molecule has 0 aliphatic carbocycles. The van der Waals surface area contributed by atoms with Gasteiger partial charge >= 0.3 is 23.9 Å². The summed E-state index contributed by atoms with van der Waals surface area (Å²) < 4.78 is 16.3. The number of hydrogen-bond acceptors (Lipinski definition) is 10. The van der Waals surface area contributed by atoms with E-state index < -0.39 is 61.0 Å². The second kappa shape index (κ2) is 41.4. The number of allylic oxidation sites excluding steroid dienone is 4. The summed E-state index contributed by atoms with van der Waals surface area (Å²) in [7, 11) is 0. The Hall–Kier alpha value is -3.94. The molecule has 1 amide bonds. The van der Waals surface area contributed by atoms with E-state index in [-0.39, 0.29) is 31.8 Å². The monoisotopic (exact) mass is 864 g/mol. The minimum atomic E-state index is -1.56. The van der Waals surface area contributed by atoms with Crippen molar-refractivity contribution in [2.24, 2.45) is 11.5 Å². The number of guanidine groups is 1. The molecule has 0 spiro atoms. The molecular formula is C47H85N5O9. The molecule has 0 saturated carbocycles. The fourth-order valence-corrected chi connectivity index (χ4v) is 6.54. The third-order valence-corrected chi connectivity index (χ3v) is 10.2. The van der Waals surface area contributed by atoms with Crippen LogP contribution in [-0.4, -0.2) is 78.8 Å². The van der Waals surface area contributed by atoms with Crippen molar-refractivity contribution in [1.82, 2.24) is 10.6 Å². The fourth-order valence-electron chi connectivity index (χ4n) is 6.54. The predicted octanol–water partition coefficient (Wildman–Crippen LogP) is 8.83. The van der Waals surface area contributed by atoms with Crippen molar-refractivity contribution >= 4 is 35.7 Å². The first-order chi connectivity index (χ1) is 29.5. The van der Waals surface area contributed by atoms with Crippen LogP contribution >= 0.6 is 0 Å². The van der Waals surface area contributed by atoms with E-state index in [2.05, 4.69) is 48.8 Å². The number of rotatable bonds is 42. The maximum absolute atomic E-state index is 13.0. The number of esters is 3. The van der Waals surface area contributed by atoms with E-state index in [0.29, 0.717) is 25.8 Å². The first-order valence-electron chi connectivity index (χ1n) is 23.7. The Morgan fingerprint density at radius 2 is 1.07 bits per heavy atom. The normalized spacial score (nSPS) is 12.8. The van der Waals surface area contributed by atoms with Crippen LogP contribution in [0.2, 0.25) is 0 Å². The molecule has 0 fully saturated rings. The molecule has 0 heterocycles. The predicted molar refractivity (Wildman–Crippen MR) is 243 cm³/mol. The van der Waals surface area contributed by atoms with Crippen molar-refractivity contribution < 1.29 is 43.3 Å². The molecule has 0 bridgehead atoms. The molecular weight excluding hydrogens is 779 g/mol. The number of ether oxygens (including phenoxy) is 3. The zero-order valence-corrected chi connectivity index (χ0v) is 38.0. The number of carboxylic acid groups (broad SMARTS) is 1. The number of hydrogen-bond donors (Lipinski definition) is 6. The SMILES string of the molecule is CCCCCCCC/C=C\CCCCCCC(=O)OCC(COC(=O)C(CC(=O)O)NC(=O)C(N)CCCNC(=N)N)OC(=O)CCCCCC/C=C\CCCCCCCC. The summed E-state index contributed by atoms with van der Waals surface area (Å²) >= 11 is 0. The third kappa shape index (κ3) is 38.7. The van der Waals surface area contributed by atoms with Crippen molar-refractivity contribution in [3.05, 3.63) is 24.3 Å². The molecule has 0 aromatic carbocycles. The van der Waals surface area contributed by atoms with Gasteiger partial charge in [0.2, 0.25) is 5.91 Å². The summed E-state index contributed by atoms with van der Waals surface area (Å²) in [5, 5.41) is 21.5. The highest BCUT2D eigenvalue weighted by atomic mass is 16.6. The van der Waals surface area contributed by atoms with Gasteiger partial charge in [0.1, 0.15) is 19.3 Å². The van der Waals surface area contributed by atoms with Crippen LogP contribution in [0.3, 0.4) is 0 Å². The maximum Gasteiger partial charge on any atom is 0.329 e. The average Bonchev–Trinajstić information content (AvgIpc) is 3.22. The lowest BCUT2D eigenvalue weighted by atomic mass is 10.1. The second-order valence-electron chi connectivity index (χ2n) is 16.1. The largest absolute Gasteiger partial charge is 0.481 e. The van der Waals surface area contributed by atoms with E-state index in [9.17, 15) is 29.1 Å². The van der Waals surface area contributed by atoms with Crippen LogP contribution in [0.5, 0.6) is 0 Å². The first kappa shape index (κ1) is 57.1. The second-order valence-corrected chi connectivity index (χ2v) is 16.1. The number of carbonyl (C=O) groups excluding carboxylic acids is 4. The van der Waals surface area contributed by atoms with Gasteiger partial charge < -0.3 is 41.4 Å². The Labute approximate surface area is 368 Å². The molecule has 3 atom stereocenters. The Balaban J connectivity index is 4.95. The van der Waals surface area contributed by atoms with Crippen molar-refractivity contribution in [3.63, 3.8) is 0 Å². The lowest BCUT2D eigenvalue weighted by Gasteiger charge is -2.21. The van der Waals surface area contributed by atoms with E-state index in [1.54, 1.807) is 0 Å². The van der Waals surface area contributed by atoms with Gasteiger partial charge in [0.15, 0.2) is 12.1 Å². The van der Waals surface area contributed by atoms with Crippen LogP contribution in [0.25, 0.3) is 0 Å². The van der Waals surface area contributed by atoms with Crippen molar-refractivity contribution in [2.75, 3.05) is 19.8 Å². The summed E-state index contributed by atoms with van der Waals surface area (Å²) in [5.41, 5.74) is 11.2. The zero-order chi connectivity index (χ0) is 45.2. The average molecular weight is 864 g/mol. The van der Waals surface area contributed by atoms with E-state index in [1.165, 1.54) is 77.0 Å². The lowest BCUT2D eigenvalue weighted by Crippen LogP contribution is -2.50. The molecule has 0 aliphatic rings. The highest BCUT2D eigenvalue weighted by molar-refractivity contribution is 5.89. The molecule has 0 radical (unpaired) electrons. The molecule has 0 aromatic heterocycles. The number of amides is 1. The van der Waals surface area contributed by atoms with Crippen molar-refractivity contribution in [1.29, 1.82) is 5.41 Å². The number of unbranched alkanes of at least 4 members (excludes halogenated alkanes) is 20. The molecule has 0 aromatic rings. The smallest absolute Gasteiger partial charge is 0.329 e. The zero-order valence-electron chi connectivity index (χ0n) is 38.0. The van der Waals surface area contributed by atoms with Crippen LogP contribution in [0.4, 0.5) is 0 Å². The molecule has 352 valence electrons. The van der Waals surface area contributed by atoms with Gasteiger partial charge in [-0.3, -0.25) is 24.6 Å². The van der Waals surface area contributed by atoms with Crippen LogP contribution in [0.15, 0.2) is 24.3 Å². The van der Waals surface area contributed by atoms with Gasteiger partial charge in [0.25, 0.3) is 0 Å². The summed E-state index contributed by atoms with van der Waals surface area (Å²) in [5.74, 6) is -4.40. The van der Waals surface area contributed by atoms with Gasteiger partial charge in [-0.15, -0.1) is 0 Å². The quantitative estimate of drug-likeness (QED) is 0.00844. The number of nitrogens with one attached hydrogen (secondary N) is 3. The number of aliphatic carboxylic acids is 1. The van der Waals surface area contributed by atoms with Gasteiger partial charge in [0.05, 0.1) is 12.5 Å². The van der Waals surface area contributed by atoms with E-state index in [1.807, 2.05) is 0 Å². The molecule has 61 heavy (non-hydrogen) atoms. The van der Waals surface area contributed by atoms with E-state index in [0.717, 1.165) is 64.2 Å². The van der Waals surface area contributed by atoms with Crippen LogP contribution in [0.1, 0.15) is 200 Å². The maximum atomic E-state index is 13.0. The molecule has 0 rings (SSSR count). The van der Waals surface area contributed by atoms with Crippen LogP contribution in [0, 0.1) is 5.41 Å². The Bertz CT molecular complexity index is 1230. The van der Waals surface area contributed by atoms with Gasteiger partial charge in [0, 0.05) is 19.4 Å². The van der Waals surface area contributed by atoms with E-state index in [4.69, 9.17) is 31.1 Å². The van der Waals surface area contributed by atoms with Crippen LogP contribution < -0.4 is 22.1 Å². The van der Waals surface area contributed by atoms with Crippen LogP contribution in [-0.2, 0) is 38.2 Å². The molecule has 14 heteroatoms. The van der Waals surface area contributed by atoms with Crippen molar-refractivity contribution in [3.8, 4) is 0 Å². The van der Waals surface area contributed by atoms with E-state index >= 15 is 0 Å². The summed E-state index contributed by atoms with van der Waals surface area (Å²) in [6.07, 6.45) is 34.8.